The molecule has 0 aliphatic rings. The average molecular weight is 240 g/mol. The van der Waals surface area contributed by atoms with Gasteiger partial charge in [-0.15, -0.1) is 0 Å². The Hall–Kier alpha value is -1.64. The van der Waals surface area contributed by atoms with Gasteiger partial charge in [-0.25, -0.2) is 0 Å². The normalized spacial score (nSPS) is 14.1. The molecule has 0 aliphatic heterocycles. The second-order valence-electron chi connectivity index (χ2n) is 4.48. The third kappa shape index (κ3) is 2.78. The summed E-state index contributed by atoms with van der Waals surface area (Å²) in [5, 5.41) is 0. The van der Waals surface area contributed by atoms with Crippen LogP contribution in [0.5, 0.6) is 0 Å². The third-order valence-corrected chi connectivity index (χ3v) is 3.41. The first kappa shape index (κ1) is 12.8. The van der Waals surface area contributed by atoms with Crippen molar-refractivity contribution in [2.75, 3.05) is 0 Å². The predicted molar refractivity (Wildman–Crippen MR) is 76.0 cm³/mol. The number of hydrogen-bond acceptors (Lipinski definition) is 2. The maximum atomic E-state index is 5.77. The Balaban J connectivity index is 2.31. The predicted octanol–water partition coefficient (Wildman–Crippen LogP) is 3.38. The van der Waals surface area contributed by atoms with E-state index in [4.69, 9.17) is 5.84 Å². The SMILES string of the molecule is CCC(c1ccccc1)C(NN)c1ccccc1. The van der Waals surface area contributed by atoms with Gasteiger partial charge in [0.1, 0.15) is 0 Å². The molecule has 2 nitrogen and oxygen atoms in total. The number of rotatable bonds is 5. The average Bonchev–Trinajstić information content (AvgIpc) is 2.46. The number of hydrazine groups is 1. The summed E-state index contributed by atoms with van der Waals surface area (Å²) in [5.74, 6) is 6.16. The Morgan fingerprint density at radius 1 is 0.889 bits per heavy atom. The van der Waals surface area contributed by atoms with Crippen LogP contribution in [0.4, 0.5) is 0 Å². The summed E-state index contributed by atoms with van der Waals surface area (Å²) in [6, 6.07) is 21.1. The molecule has 3 N–H and O–H groups in total. The molecule has 2 unspecified atom stereocenters. The summed E-state index contributed by atoms with van der Waals surface area (Å²) in [5.41, 5.74) is 5.53. The molecule has 18 heavy (non-hydrogen) atoms. The fourth-order valence-electron chi connectivity index (χ4n) is 2.47. The van der Waals surface area contributed by atoms with Crippen LogP contribution in [0.3, 0.4) is 0 Å². The molecule has 0 radical (unpaired) electrons. The summed E-state index contributed by atoms with van der Waals surface area (Å²) in [4.78, 5) is 0. The first-order chi connectivity index (χ1) is 8.86. The number of benzene rings is 2. The van der Waals surface area contributed by atoms with Gasteiger partial charge in [0.05, 0.1) is 6.04 Å². The molecule has 0 amide bonds. The van der Waals surface area contributed by atoms with Crippen LogP contribution in [-0.2, 0) is 0 Å². The van der Waals surface area contributed by atoms with Crippen LogP contribution < -0.4 is 11.3 Å². The van der Waals surface area contributed by atoms with Crippen molar-refractivity contribution in [2.24, 2.45) is 5.84 Å². The lowest BCUT2D eigenvalue weighted by atomic mass is 9.85. The first-order valence-corrected chi connectivity index (χ1v) is 6.42. The van der Waals surface area contributed by atoms with E-state index in [1.54, 1.807) is 0 Å². The molecule has 0 saturated carbocycles. The van der Waals surface area contributed by atoms with Crippen molar-refractivity contribution < 1.29 is 0 Å². The smallest absolute Gasteiger partial charge is 0.0528 e. The van der Waals surface area contributed by atoms with E-state index in [0.717, 1.165) is 6.42 Å². The quantitative estimate of drug-likeness (QED) is 0.621. The Kier molecular flexibility index (Phi) is 4.51. The van der Waals surface area contributed by atoms with Gasteiger partial charge >= 0.3 is 0 Å². The largest absolute Gasteiger partial charge is 0.271 e. The Labute approximate surface area is 109 Å². The molecule has 0 aliphatic carbocycles. The van der Waals surface area contributed by atoms with E-state index in [1.165, 1.54) is 11.1 Å². The van der Waals surface area contributed by atoms with Crippen molar-refractivity contribution in [1.29, 1.82) is 0 Å². The van der Waals surface area contributed by atoms with Crippen molar-refractivity contribution in [2.45, 2.75) is 25.3 Å². The van der Waals surface area contributed by atoms with E-state index in [2.05, 4.69) is 60.9 Å². The molecule has 2 aromatic rings. The van der Waals surface area contributed by atoms with E-state index in [-0.39, 0.29) is 6.04 Å². The molecule has 2 atom stereocenters. The van der Waals surface area contributed by atoms with Crippen molar-refractivity contribution in [1.82, 2.24) is 5.43 Å². The van der Waals surface area contributed by atoms with E-state index in [9.17, 15) is 0 Å². The second-order valence-corrected chi connectivity index (χ2v) is 4.48. The Morgan fingerprint density at radius 3 is 1.83 bits per heavy atom. The van der Waals surface area contributed by atoms with Gasteiger partial charge in [0, 0.05) is 5.92 Å². The highest BCUT2D eigenvalue weighted by atomic mass is 15.2. The minimum atomic E-state index is 0.151. The lowest BCUT2D eigenvalue weighted by Gasteiger charge is -2.26. The molecule has 0 bridgehead atoms. The van der Waals surface area contributed by atoms with Crippen LogP contribution in [0.2, 0.25) is 0 Å². The second kappa shape index (κ2) is 6.34. The van der Waals surface area contributed by atoms with E-state index in [0.29, 0.717) is 5.92 Å². The lowest BCUT2D eigenvalue weighted by Crippen LogP contribution is -2.32. The van der Waals surface area contributed by atoms with Gasteiger partial charge in [0.25, 0.3) is 0 Å². The molecule has 0 spiro atoms. The Morgan fingerprint density at radius 2 is 1.39 bits per heavy atom. The summed E-state index contributed by atoms with van der Waals surface area (Å²) in [7, 11) is 0. The maximum absolute atomic E-state index is 5.77. The van der Waals surface area contributed by atoms with Gasteiger partial charge in [0.2, 0.25) is 0 Å². The zero-order valence-corrected chi connectivity index (χ0v) is 10.7. The summed E-state index contributed by atoms with van der Waals surface area (Å²) >= 11 is 0. The molecule has 0 fully saturated rings. The minimum absolute atomic E-state index is 0.151. The highest BCUT2D eigenvalue weighted by Gasteiger charge is 2.21. The number of hydrogen-bond donors (Lipinski definition) is 2. The maximum Gasteiger partial charge on any atom is 0.0528 e. The molecular formula is C16H20N2. The summed E-state index contributed by atoms with van der Waals surface area (Å²) in [6.45, 7) is 2.20. The van der Waals surface area contributed by atoms with E-state index >= 15 is 0 Å². The molecular weight excluding hydrogens is 220 g/mol. The van der Waals surface area contributed by atoms with Gasteiger partial charge in [-0.05, 0) is 17.5 Å². The van der Waals surface area contributed by atoms with Crippen LogP contribution in [-0.4, -0.2) is 0 Å². The molecule has 94 valence electrons. The van der Waals surface area contributed by atoms with E-state index in [1.807, 2.05) is 12.1 Å². The van der Waals surface area contributed by atoms with Crippen LogP contribution in [0.25, 0.3) is 0 Å². The third-order valence-electron chi connectivity index (χ3n) is 3.41. The molecule has 2 rings (SSSR count). The fraction of sp³-hybridized carbons (Fsp3) is 0.250. The fourth-order valence-corrected chi connectivity index (χ4v) is 2.47. The number of nitrogens with two attached hydrogens (primary N) is 1. The van der Waals surface area contributed by atoms with E-state index < -0.39 is 0 Å². The molecule has 2 heteroatoms. The molecule has 0 aromatic heterocycles. The molecule has 0 heterocycles. The molecule has 2 aromatic carbocycles. The summed E-state index contributed by atoms with van der Waals surface area (Å²) in [6.07, 6.45) is 1.05. The highest BCUT2D eigenvalue weighted by Crippen LogP contribution is 2.32. The van der Waals surface area contributed by atoms with Gasteiger partial charge in [-0.2, -0.15) is 0 Å². The van der Waals surface area contributed by atoms with Gasteiger partial charge in [-0.3, -0.25) is 11.3 Å². The lowest BCUT2D eigenvalue weighted by molar-refractivity contribution is 0.445. The standard InChI is InChI=1S/C16H20N2/c1-2-15(13-9-5-3-6-10-13)16(18-17)14-11-7-4-8-12-14/h3-12,15-16,18H,2,17H2,1H3. The van der Waals surface area contributed by atoms with Crippen LogP contribution in [0.15, 0.2) is 60.7 Å². The number of nitrogens with one attached hydrogen (secondary N) is 1. The van der Waals surface area contributed by atoms with Crippen molar-refractivity contribution in [3.05, 3.63) is 71.8 Å². The van der Waals surface area contributed by atoms with Gasteiger partial charge in [0.15, 0.2) is 0 Å². The zero-order valence-electron chi connectivity index (χ0n) is 10.7. The Bertz CT molecular complexity index is 408. The van der Waals surface area contributed by atoms with Crippen molar-refractivity contribution in [3.8, 4) is 0 Å². The van der Waals surface area contributed by atoms with Gasteiger partial charge in [-0.1, -0.05) is 67.6 Å². The zero-order chi connectivity index (χ0) is 12.8. The van der Waals surface area contributed by atoms with Crippen LogP contribution >= 0.6 is 0 Å². The van der Waals surface area contributed by atoms with Crippen LogP contribution in [0.1, 0.15) is 36.4 Å². The highest BCUT2D eigenvalue weighted by molar-refractivity contribution is 5.27. The topological polar surface area (TPSA) is 38.0 Å². The van der Waals surface area contributed by atoms with Crippen molar-refractivity contribution in [3.63, 3.8) is 0 Å². The van der Waals surface area contributed by atoms with Crippen molar-refractivity contribution >= 4 is 0 Å². The first-order valence-electron chi connectivity index (χ1n) is 6.42. The van der Waals surface area contributed by atoms with Gasteiger partial charge < -0.3 is 0 Å². The molecule has 0 saturated heterocycles. The van der Waals surface area contributed by atoms with Crippen LogP contribution in [0, 0.1) is 0 Å². The summed E-state index contributed by atoms with van der Waals surface area (Å²) < 4.78 is 0. The monoisotopic (exact) mass is 240 g/mol. The minimum Gasteiger partial charge on any atom is -0.271 e.